The zero-order chi connectivity index (χ0) is 14.7. The van der Waals surface area contributed by atoms with E-state index in [4.69, 9.17) is 10.9 Å². The van der Waals surface area contributed by atoms with Gasteiger partial charge in [0.25, 0.3) is 0 Å². The van der Waals surface area contributed by atoms with Crippen molar-refractivity contribution in [1.82, 2.24) is 0 Å². The Hall–Kier alpha value is -2.08. The molecule has 0 unspecified atom stereocenters. The molecule has 0 radical (unpaired) electrons. The average molecular weight is 294 g/mol. The van der Waals surface area contributed by atoms with Gasteiger partial charge in [0.05, 0.1) is 4.90 Å². The highest BCUT2D eigenvalue weighted by atomic mass is 32.2. The zero-order valence-electron chi connectivity index (χ0n) is 10.6. The number of hydrogen-bond donors (Lipinski definition) is 2. The molecule has 0 saturated heterocycles. The summed E-state index contributed by atoms with van der Waals surface area (Å²) in [7, 11) is 0. The Morgan fingerprint density at radius 1 is 1.20 bits per heavy atom. The van der Waals surface area contributed by atoms with E-state index >= 15 is 0 Å². The van der Waals surface area contributed by atoms with Crippen LogP contribution in [0.3, 0.4) is 0 Å². The first-order valence-corrected chi connectivity index (χ1v) is 6.54. The number of oxime groups is 1. The van der Waals surface area contributed by atoms with Crippen LogP contribution in [0.2, 0.25) is 0 Å². The molecule has 6 heteroatoms. The summed E-state index contributed by atoms with van der Waals surface area (Å²) >= 11 is 1.11. The maximum absolute atomic E-state index is 13.6. The SMILES string of the molecule is Cc1cc(Sc2cc(F)ccc2F)ccc1/C(N)=N/O. The molecule has 20 heavy (non-hydrogen) atoms. The Morgan fingerprint density at radius 2 is 1.95 bits per heavy atom. The first kappa shape index (κ1) is 14.3. The quantitative estimate of drug-likeness (QED) is 0.394. The molecule has 0 aliphatic heterocycles. The Kier molecular flexibility index (Phi) is 4.24. The van der Waals surface area contributed by atoms with E-state index < -0.39 is 11.6 Å². The summed E-state index contributed by atoms with van der Waals surface area (Å²) in [6, 6.07) is 8.45. The molecule has 0 bridgehead atoms. The van der Waals surface area contributed by atoms with Crippen LogP contribution in [0.5, 0.6) is 0 Å². The van der Waals surface area contributed by atoms with Gasteiger partial charge in [0.15, 0.2) is 5.84 Å². The first-order chi connectivity index (χ1) is 9.51. The van der Waals surface area contributed by atoms with Crippen LogP contribution in [-0.4, -0.2) is 11.0 Å². The summed E-state index contributed by atoms with van der Waals surface area (Å²) in [5.74, 6) is -0.954. The Bertz CT molecular complexity index is 674. The molecule has 0 spiro atoms. The standard InChI is InChI=1S/C14H12F2N2OS/c1-8-6-10(3-4-11(8)14(17)18-19)20-13-7-9(15)2-5-12(13)16/h2-7,19H,1H3,(H2,17,18). The maximum Gasteiger partial charge on any atom is 0.170 e. The van der Waals surface area contributed by atoms with E-state index in [1.165, 1.54) is 0 Å². The number of nitrogens with two attached hydrogens (primary N) is 1. The molecule has 0 aliphatic carbocycles. The molecule has 0 heterocycles. The van der Waals surface area contributed by atoms with Gasteiger partial charge in [-0.25, -0.2) is 8.78 Å². The van der Waals surface area contributed by atoms with Crippen LogP contribution in [0.15, 0.2) is 51.3 Å². The first-order valence-electron chi connectivity index (χ1n) is 5.72. The lowest BCUT2D eigenvalue weighted by molar-refractivity contribution is 0.318. The predicted molar refractivity (Wildman–Crippen MR) is 74.2 cm³/mol. The summed E-state index contributed by atoms with van der Waals surface area (Å²) in [5.41, 5.74) is 6.90. The smallest absolute Gasteiger partial charge is 0.170 e. The third kappa shape index (κ3) is 3.08. The highest BCUT2D eigenvalue weighted by molar-refractivity contribution is 7.99. The van der Waals surface area contributed by atoms with Crippen molar-refractivity contribution in [3.05, 3.63) is 59.2 Å². The number of benzene rings is 2. The predicted octanol–water partition coefficient (Wildman–Crippen LogP) is 3.52. The van der Waals surface area contributed by atoms with E-state index in [0.29, 0.717) is 5.56 Å². The van der Waals surface area contributed by atoms with Crippen LogP contribution < -0.4 is 5.73 Å². The molecule has 3 N–H and O–H groups in total. The fraction of sp³-hybridized carbons (Fsp3) is 0.0714. The Labute approximate surface area is 119 Å². The molecule has 0 atom stereocenters. The van der Waals surface area contributed by atoms with E-state index in [1.807, 2.05) is 0 Å². The van der Waals surface area contributed by atoms with Crippen LogP contribution in [0.25, 0.3) is 0 Å². The highest BCUT2D eigenvalue weighted by Crippen LogP contribution is 2.31. The highest BCUT2D eigenvalue weighted by Gasteiger charge is 2.09. The minimum Gasteiger partial charge on any atom is -0.409 e. The lowest BCUT2D eigenvalue weighted by atomic mass is 10.1. The second-order valence-electron chi connectivity index (χ2n) is 4.14. The third-order valence-electron chi connectivity index (χ3n) is 2.70. The summed E-state index contributed by atoms with van der Waals surface area (Å²) in [6.45, 7) is 1.79. The van der Waals surface area contributed by atoms with Crippen molar-refractivity contribution in [3.8, 4) is 0 Å². The minimum absolute atomic E-state index is 0.0102. The number of rotatable bonds is 3. The van der Waals surface area contributed by atoms with Crippen molar-refractivity contribution in [3.63, 3.8) is 0 Å². The van der Waals surface area contributed by atoms with Gasteiger partial charge in [-0.1, -0.05) is 16.9 Å². The molecule has 0 aliphatic rings. The summed E-state index contributed by atoms with van der Waals surface area (Å²) in [5, 5.41) is 11.6. The van der Waals surface area contributed by atoms with Gasteiger partial charge in [-0.2, -0.15) is 0 Å². The second kappa shape index (κ2) is 5.92. The molecular formula is C14H12F2N2OS. The average Bonchev–Trinajstić information content (AvgIpc) is 2.42. The number of hydrogen-bond acceptors (Lipinski definition) is 3. The largest absolute Gasteiger partial charge is 0.409 e. The monoisotopic (exact) mass is 294 g/mol. The van der Waals surface area contributed by atoms with Crippen LogP contribution in [0, 0.1) is 18.6 Å². The van der Waals surface area contributed by atoms with Gasteiger partial charge in [-0.15, -0.1) is 0 Å². The molecule has 3 nitrogen and oxygen atoms in total. The van der Waals surface area contributed by atoms with Crippen molar-refractivity contribution < 1.29 is 14.0 Å². The fourth-order valence-electron chi connectivity index (χ4n) is 1.72. The van der Waals surface area contributed by atoms with Crippen molar-refractivity contribution in [2.75, 3.05) is 0 Å². The topological polar surface area (TPSA) is 58.6 Å². The lowest BCUT2D eigenvalue weighted by Gasteiger charge is -2.08. The van der Waals surface area contributed by atoms with Crippen molar-refractivity contribution in [1.29, 1.82) is 0 Å². The van der Waals surface area contributed by atoms with Crippen LogP contribution >= 0.6 is 11.8 Å². The molecule has 2 aromatic rings. The van der Waals surface area contributed by atoms with E-state index in [-0.39, 0.29) is 10.7 Å². The molecule has 2 aromatic carbocycles. The minimum atomic E-state index is -0.487. The molecule has 104 valence electrons. The molecule has 0 aromatic heterocycles. The van der Waals surface area contributed by atoms with Gasteiger partial charge < -0.3 is 10.9 Å². The molecule has 0 amide bonds. The van der Waals surface area contributed by atoms with E-state index in [2.05, 4.69) is 5.16 Å². The van der Waals surface area contributed by atoms with Crippen LogP contribution in [0.1, 0.15) is 11.1 Å². The Balaban J connectivity index is 2.31. The normalized spacial score (nSPS) is 11.7. The summed E-state index contributed by atoms with van der Waals surface area (Å²) in [6.07, 6.45) is 0. The van der Waals surface area contributed by atoms with Crippen LogP contribution in [-0.2, 0) is 0 Å². The van der Waals surface area contributed by atoms with Gasteiger partial charge in [-0.3, -0.25) is 0 Å². The summed E-state index contributed by atoms with van der Waals surface area (Å²) < 4.78 is 26.7. The van der Waals surface area contributed by atoms with Gasteiger partial charge in [0, 0.05) is 10.5 Å². The van der Waals surface area contributed by atoms with Gasteiger partial charge in [0.1, 0.15) is 11.6 Å². The third-order valence-corrected chi connectivity index (χ3v) is 3.73. The van der Waals surface area contributed by atoms with Crippen molar-refractivity contribution in [2.45, 2.75) is 16.7 Å². The zero-order valence-corrected chi connectivity index (χ0v) is 11.4. The summed E-state index contributed by atoms with van der Waals surface area (Å²) in [4.78, 5) is 0.947. The maximum atomic E-state index is 13.6. The van der Waals surface area contributed by atoms with Crippen molar-refractivity contribution >= 4 is 17.6 Å². The van der Waals surface area contributed by atoms with Gasteiger partial charge in [0.2, 0.25) is 0 Å². The van der Waals surface area contributed by atoms with Crippen molar-refractivity contribution in [2.24, 2.45) is 10.9 Å². The number of nitrogens with zero attached hydrogens (tertiary/aromatic N) is 1. The molecular weight excluding hydrogens is 282 g/mol. The molecule has 0 saturated carbocycles. The van der Waals surface area contributed by atoms with Gasteiger partial charge >= 0.3 is 0 Å². The number of halogens is 2. The number of amidine groups is 1. The van der Waals surface area contributed by atoms with E-state index in [1.54, 1.807) is 25.1 Å². The number of aryl methyl sites for hydroxylation is 1. The fourth-order valence-corrected chi connectivity index (χ4v) is 2.69. The van der Waals surface area contributed by atoms with Gasteiger partial charge in [-0.05, 0) is 48.9 Å². The molecule has 0 fully saturated rings. The Morgan fingerprint density at radius 3 is 2.60 bits per heavy atom. The molecule has 2 rings (SSSR count). The van der Waals surface area contributed by atoms with Crippen LogP contribution in [0.4, 0.5) is 8.78 Å². The lowest BCUT2D eigenvalue weighted by Crippen LogP contribution is -2.14. The van der Waals surface area contributed by atoms with E-state index in [9.17, 15) is 8.78 Å². The second-order valence-corrected chi connectivity index (χ2v) is 5.25. The van der Waals surface area contributed by atoms with E-state index in [0.717, 1.165) is 40.4 Å².